The van der Waals surface area contributed by atoms with Crippen LogP contribution >= 0.6 is 15.9 Å². The van der Waals surface area contributed by atoms with Gasteiger partial charge in [-0.25, -0.2) is 4.79 Å². The number of nitrogens with zero attached hydrogens (tertiary/aromatic N) is 1. The third-order valence-electron chi connectivity index (χ3n) is 2.33. The fourth-order valence-corrected chi connectivity index (χ4v) is 2.26. The molecule has 14 heavy (non-hydrogen) atoms. The Hall–Kier alpha value is -0.580. The van der Waals surface area contributed by atoms with Crippen molar-refractivity contribution in [3.05, 3.63) is 0 Å². The van der Waals surface area contributed by atoms with Crippen LogP contribution in [0.15, 0.2) is 0 Å². The van der Waals surface area contributed by atoms with E-state index in [1.807, 2.05) is 6.92 Å². The molecular weight excluding hydrogens is 250 g/mol. The smallest absolute Gasteiger partial charge is 0.326 e. The molecule has 0 spiro atoms. The van der Waals surface area contributed by atoms with E-state index in [4.69, 9.17) is 5.11 Å². The Kier molecular flexibility index (Phi) is 3.92. The highest BCUT2D eigenvalue weighted by molar-refractivity contribution is 9.09. The van der Waals surface area contributed by atoms with Gasteiger partial charge in [0.1, 0.15) is 6.04 Å². The predicted octanol–water partition coefficient (Wildman–Crippen LogP) is 1.24. The molecule has 1 aliphatic rings. The summed E-state index contributed by atoms with van der Waals surface area (Å²) in [5.74, 6) is -0.963. The summed E-state index contributed by atoms with van der Waals surface area (Å²) in [5.41, 5.74) is 0. The van der Waals surface area contributed by atoms with Crippen molar-refractivity contribution in [3.8, 4) is 0 Å². The number of carbonyl (C=O) groups excluding carboxylic acids is 1. The maximum Gasteiger partial charge on any atom is 0.326 e. The average Bonchev–Trinajstić information content (AvgIpc) is 2.40. The lowest BCUT2D eigenvalue weighted by molar-refractivity contribution is -0.148. The van der Waals surface area contributed by atoms with Gasteiger partial charge in [0.15, 0.2) is 0 Å². The van der Waals surface area contributed by atoms with Gasteiger partial charge in [-0.2, -0.15) is 0 Å². The second-order valence-corrected chi connectivity index (χ2v) is 4.79. The predicted molar refractivity (Wildman–Crippen MR) is 55.4 cm³/mol. The number of amides is 1. The summed E-state index contributed by atoms with van der Waals surface area (Å²) >= 11 is 3.33. The quantitative estimate of drug-likeness (QED) is 0.777. The van der Waals surface area contributed by atoms with Crippen molar-refractivity contribution < 1.29 is 14.7 Å². The molecule has 1 N–H and O–H groups in total. The van der Waals surface area contributed by atoms with Crippen LogP contribution in [-0.2, 0) is 9.59 Å². The summed E-state index contributed by atoms with van der Waals surface area (Å²) in [7, 11) is 0. The first kappa shape index (κ1) is 11.5. The fourth-order valence-electron chi connectivity index (χ4n) is 1.67. The minimum atomic E-state index is -0.901. The van der Waals surface area contributed by atoms with E-state index in [9.17, 15) is 9.59 Å². The zero-order valence-corrected chi connectivity index (χ0v) is 9.66. The molecule has 5 heteroatoms. The van der Waals surface area contributed by atoms with Gasteiger partial charge in [-0.3, -0.25) is 4.79 Å². The summed E-state index contributed by atoms with van der Waals surface area (Å²) in [6.45, 7) is 2.43. The van der Waals surface area contributed by atoms with E-state index in [1.54, 1.807) is 0 Å². The van der Waals surface area contributed by atoms with Crippen molar-refractivity contribution in [1.29, 1.82) is 0 Å². The number of carboxylic acids is 1. The highest BCUT2D eigenvalue weighted by Crippen LogP contribution is 2.22. The van der Waals surface area contributed by atoms with Gasteiger partial charge >= 0.3 is 5.97 Å². The van der Waals surface area contributed by atoms with Gasteiger partial charge in [0.05, 0.1) is 0 Å². The van der Waals surface area contributed by atoms with Crippen molar-refractivity contribution in [2.24, 2.45) is 0 Å². The molecule has 1 aliphatic heterocycles. The van der Waals surface area contributed by atoms with Crippen molar-refractivity contribution in [2.45, 2.75) is 37.1 Å². The highest BCUT2D eigenvalue weighted by Gasteiger charge is 2.35. The lowest BCUT2D eigenvalue weighted by Gasteiger charge is -2.23. The van der Waals surface area contributed by atoms with Crippen LogP contribution in [0.4, 0.5) is 0 Å². The first-order valence-corrected chi connectivity index (χ1v) is 5.64. The molecule has 1 unspecified atom stereocenters. The molecule has 2 atom stereocenters. The monoisotopic (exact) mass is 263 g/mol. The van der Waals surface area contributed by atoms with Gasteiger partial charge in [0.25, 0.3) is 0 Å². The van der Waals surface area contributed by atoms with Gasteiger partial charge < -0.3 is 10.0 Å². The van der Waals surface area contributed by atoms with Crippen LogP contribution in [0.5, 0.6) is 0 Å². The number of hydrogen-bond acceptors (Lipinski definition) is 2. The molecule has 0 aromatic heterocycles. The number of halogens is 1. The van der Waals surface area contributed by atoms with Crippen LogP contribution in [0, 0.1) is 0 Å². The van der Waals surface area contributed by atoms with Crippen molar-refractivity contribution in [2.75, 3.05) is 6.54 Å². The zero-order valence-electron chi connectivity index (χ0n) is 8.07. The van der Waals surface area contributed by atoms with Crippen LogP contribution in [-0.4, -0.2) is 39.3 Å². The van der Waals surface area contributed by atoms with E-state index in [0.29, 0.717) is 19.4 Å². The van der Waals surface area contributed by atoms with Gasteiger partial charge in [-0.05, 0) is 6.42 Å². The second-order valence-electron chi connectivity index (χ2n) is 3.49. The molecule has 1 saturated heterocycles. The molecule has 0 aromatic carbocycles. The summed E-state index contributed by atoms with van der Waals surface area (Å²) in [6, 6.07) is -0.643. The molecule has 0 aromatic rings. The third kappa shape index (κ3) is 2.47. The Bertz CT molecular complexity index is 244. The van der Waals surface area contributed by atoms with E-state index in [2.05, 4.69) is 15.9 Å². The summed E-state index contributed by atoms with van der Waals surface area (Å²) in [6.07, 6.45) is 1.71. The maximum atomic E-state index is 11.4. The average molecular weight is 264 g/mol. The minimum absolute atomic E-state index is 0.0623. The SMILES string of the molecule is CCC[C@@H](C(=O)O)N1CC(Br)CC1=O. The molecule has 1 rings (SSSR count). The molecule has 1 amide bonds. The van der Waals surface area contributed by atoms with Crippen LogP contribution in [0.2, 0.25) is 0 Å². The fraction of sp³-hybridized carbons (Fsp3) is 0.778. The lowest BCUT2D eigenvalue weighted by Crippen LogP contribution is -2.42. The number of hydrogen-bond donors (Lipinski definition) is 1. The van der Waals surface area contributed by atoms with E-state index < -0.39 is 12.0 Å². The number of rotatable bonds is 4. The normalized spacial score (nSPS) is 24.0. The molecule has 80 valence electrons. The first-order valence-electron chi connectivity index (χ1n) is 4.72. The van der Waals surface area contributed by atoms with Gasteiger partial charge in [-0.1, -0.05) is 29.3 Å². The van der Waals surface area contributed by atoms with Gasteiger partial charge in [0, 0.05) is 17.8 Å². The Morgan fingerprint density at radius 2 is 2.43 bits per heavy atom. The third-order valence-corrected chi connectivity index (χ3v) is 2.95. The van der Waals surface area contributed by atoms with Crippen LogP contribution < -0.4 is 0 Å². The highest BCUT2D eigenvalue weighted by atomic mass is 79.9. The Morgan fingerprint density at radius 3 is 2.79 bits per heavy atom. The molecule has 0 bridgehead atoms. The van der Waals surface area contributed by atoms with E-state index in [1.165, 1.54) is 4.90 Å². The largest absolute Gasteiger partial charge is 0.480 e. The second kappa shape index (κ2) is 4.77. The topological polar surface area (TPSA) is 57.6 Å². The standard InChI is InChI=1S/C9H14BrNO3/c1-2-3-7(9(13)14)11-5-6(10)4-8(11)12/h6-7H,2-5H2,1H3,(H,13,14)/t6?,7-/m0/s1. The van der Waals surface area contributed by atoms with E-state index in [-0.39, 0.29) is 10.7 Å². The molecule has 1 fully saturated rings. The Balaban J connectivity index is 2.68. The maximum absolute atomic E-state index is 11.4. The Morgan fingerprint density at radius 1 is 1.79 bits per heavy atom. The van der Waals surface area contributed by atoms with Crippen molar-refractivity contribution >= 4 is 27.8 Å². The minimum Gasteiger partial charge on any atom is -0.480 e. The number of likely N-dealkylation sites (tertiary alicyclic amines) is 1. The zero-order chi connectivity index (χ0) is 10.7. The molecule has 0 aliphatic carbocycles. The number of carboxylic acid groups (broad SMARTS) is 1. The lowest BCUT2D eigenvalue weighted by atomic mass is 10.1. The molecule has 1 heterocycles. The summed E-state index contributed by atoms with van der Waals surface area (Å²) < 4.78 is 0. The summed E-state index contributed by atoms with van der Waals surface area (Å²) in [5, 5.41) is 8.96. The van der Waals surface area contributed by atoms with Crippen molar-refractivity contribution in [3.63, 3.8) is 0 Å². The number of alkyl halides is 1. The van der Waals surface area contributed by atoms with Crippen LogP contribution in [0.25, 0.3) is 0 Å². The van der Waals surface area contributed by atoms with Crippen LogP contribution in [0.3, 0.4) is 0 Å². The van der Waals surface area contributed by atoms with E-state index in [0.717, 1.165) is 6.42 Å². The summed E-state index contributed by atoms with van der Waals surface area (Å²) in [4.78, 5) is 23.9. The molecule has 0 radical (unpaired) electrons. The molecule has 0 saturated carbocycles. The van der Waals surface area contributed by atoms with Crippen LogP contribution in [0.1, 0.15) is 26.2 Å². The number of carbonyl (C=O) groups is 2. The molecular formula is C9H14BrNO3. The number of aliphatic carboxylic acids is 1. The Labute approximate surface area is 91.4 Å². The van der Waals surface area contributed by atoms with Crippen molar-refractivity contribution in [1.82, 2.24) is 4.90 Å². The van der Waals surface area contributed by atoms with Gasteiger partial charge in [-0.15, -0.1) is 0 Å². The molecule has 4 nitrogen and oxygen atoms in total. The van der Waals surface area contributed by atoms with Gasteiger partial charge in [0.2, 0.25) is 5.91 Å². The van der Waals surface area contributed by atoms with E-state index >= 15 is 0 Å². The first-order chi connectivity index (χ1) is 6.56.